The molecule has 0 fully saturated rings. The molecule has 1 nitrogen and oxygen atoms in total. The van der Waals surface area contributed by atoms with E-state index in [0.29, 0.717) is 17.4 Å². The Morgan fingerprint density at radius 2 is 1.55 bits per heavy atom. The average molecular weight is 318 g/mol. The molecule has 2 aromatic carbocycles. The van der Waals surface area contributed by atoms with Gasteiger partial charge in [0, 0.05) is 5.57 Å². The third-order valence-corrected chi connectivity index (χ3v) is 6.97. The molecule has 0 atom stereocenters. The highest BCUT2D eigenvalue weighted by Crippen LogP contribution is 2.31. The van der Waals surface area contributed by atoms with Gasteiger partial charge in [-0.15, -0.1) is 0 Å². The van der Waals surface area contributed by atoms with Crippen molar-refractivity contribution < 1.29 is 13.5 Å². The summed E-state index contributed by atoms with van der Waals surface area (Å²) in [5.74, 6) is 0.668. The Bertz CT molecular complexity index is 645. The molecule has 0 bridgehead atoms. The molecule has 0 spiro atoms. The predicted molar refractivity (Wildman–Crippen MR) is 90.5 cm³/mol. The number of benzene rings is 2. The van der Waals surface area contributed by atoms with E-state index < -0.39 is 14.2 Å². The van der Waals surface area contributed by atoms with Gasteiger partial charge < -0.3 is 4.74 Å². The number of rotatable bonds is 5. The zero-order valence-corrected chi connectivity index (χ0v) is 14.1. The van der Waals surface area contributed by atoms with E-state index in [2.05, 4.69) is 13.1 Å². The predicted octanol–water partition coefficient (Wildman–Crippen LogP) is 4.92. The summed E-state index contributed by atoms with van der Waals surface area (Å²) in [7, 11) is -0.417. The molecule has 0 heterocycles. The Balaban J connectivity index is 2.32. The Labute approximate surface area is 131 Å². The highest BCUT2D eigenvalue weighted by atomic mass is 28.3. The fraction of sp³-hybridized carbons (Fsp3) is 0.222. The molecule has 0 aliphatic rings. The van der Waals surface area contributed by atoms with E-state index in [1.807, 2.05) is 30.3 Å². The summed E-state index contributed by atoms with van der Waals surface area (Å²) in [6.07, 6.45) is -1.60. The number of hydrogen-bond donors (Lipinski definition) is 0. The van der Waals surface area contributed by atoms with E-state index in [-0.39, 0.29) is 5.57 Å². The van der Waals surface area contributed by atoms with Crippen molar-refractivity contribution in [2.45, 2.75) is 19.1 Å². The molecule has 2 aromatic rings. The van der Waals surface area contributed by atoms with Gasteiger partial charge in [-0.25, -0.2) is 0 Å². The van der Waals surface area contributed by atoms with Crippen LogP contribution in [0.4, 0.5) is 8.78 Å². The van der Waals surface area contributed by atoms with E-state index >= 15 is 0 Å². The molecule has 0 amide bonds. The van der Waals surface area contributed by atoms with Gasteiger partial charge in [-0.05, 0) is 23.7 Å². The summed E-state index contributed by atoms with van der Waals surface area (Å²) in [5, 5.41) is 1.18. The van der Waals surface area contributed by atoms with Gasteiger partial charge in [-0.3, -0.25) is 0 Å². The van der Waals surface area contributed by atoms with Crippen LogP contribution >= 0.6 is 0 Å². The van der Waals surface area contributed by atoms with E-state index in [1.165, 1.54) is 5.19 Å². The van der Waals surface area contributed by atoms with E-state index in [0.717, 1.165) is 0 Å². The molecule has 0 aliphatic heterocycles. The lowest BCUT2D eigenvalue weighted by atomic mass is 10.1. The van der Waals surface area contributed by atoms with Crippen molar-refractivity contribution in [3.05, 3.63) is 66.2 Å². The van der Waals surface area contributed by atoms with E-state index in [4.69, 9.17) is 4.74 Å². The van der Waals surface area contributed by atoms with Gasteiger partial charge >= 0.3 is 0 Å². The van der Waals surface area contributed by atoms with Crippen molar-refractivity contribution in [2.75, 3.05) is 7.11 Å². The molecular formula is C18H20F2OSi. The van der Waals surface area contributed by atoms with Crippen LogP contribution in [0.25, 0.3) is 5.57 Å². The second-order valence-corrected chi connectivity index (χ2v) is 10.6. The molecule has 22 heavy (non-hydrogen) atoms. The van der Waals surface area contributed by atoms with Crippen LogP contribution in [-0.4, -0.2) is 15.2 Å². The lowest BCUT2D eigenvalue weighted by Gasteiger charge is -2.24. The van der Waals surface area contributed by atoms with Crippen LogP contribution in [0.5, 0.6) is 5.75 Å². The first-order valence-electron chi connectivity index (χ1n) is 7.18. The minimum Gasteiger partial charge on any atom is -0.497 e. The largest absolute Gasteiger partial charge is 0.497 e. The molecule has 0 saturated carbocycles. The summed E-state index contributed by atoms with van der Waals surface area (Å²) in [6.45, 7) is 4.24. The number of ether oxygens (including phenoxy) is 1. The van der Waals surface area contributed by atoms with Gasteiger partial charge in [-0.2, -0.15) is 8.78 Å². The molecule has 0 saturated heterocycles. The minimum absolute atomic E-state index is 0.142. The summed E-state index contributed by atoms with van der Waals surface area (Å²) in [5.41, 5.74) is 0.709. The minimum atomic E-state index is -1.98. The summed E-state index contributed by atoms with van der Waals surface area (Å²) in [6, 6.07) is 17.2. The normalized spacial score (nSPS) is 11.1. The smallest absolute Gasteiger partial charge is 0.273 e. The summed E-state index contributed by atoms with van der Waals surface area (Å²) < 4.78 is 32.1. The fourth-order valence-electron chi connectivity index (χ4n) is 2.50. The van der Waals surface area contributed by atoms with Gasteiger partial charge in [0.1, 0.15) is 5.75 Å². The summed E-state index contributed by atoms with van der Waals surface area (Å²) in [4.78, 5) is 0. The van der Waals surface area contributed by atoms with Crippen molar-refractivity contribution in [1.82, 2.24) is 0 Å². The maximum atomic E-state index is 13.5. The van der Waals surface area contributed by atoms with Crippen molar-refractivity contribution in [3.8, 4) is 5.75 Å². The molecule has 0 radical (unpaired) electrons. The van der Waals surface area contributed by atoms with Crippen LogP contribution in [0.3, 0.4) is 0 Å². The SMILES string of the molecule is COc1ccc(C(C[Si](C)(C)c2ccccc2)=C(F)F)cc1. The molecule has 116 valence electrons. The number of halogens is 2. The highest BCUT2D eigenvalue weighted by Gasteiger charge is 2.27. The molecule has 0 N–H and O–H groups in total. The van der Waals surface area contributed by atoms with E-state index in [1.54, 1.807) is 31.4 Å². The fourth-order valence-corrected chi connectivity index (χ4v) is 5.02. The van der Waals surface area contributed by atoms with Crippen molar-refractivity contribution in [1.29, 1.82) is 0 Å². The highest BCUT2D eigenvalue weighted by molar-refractivity contribution is 6.91. The zero-order chi connectivity index (χ0) is 16.2. The van der Waals surface area contributed by atoms with Gasteiger partial charge in [0.15, 0.2) is 0 Å². The van der Waals surface area contributed by atoms with Crippen LogP contribution in [-0.2, 0) is 0 Å². The third kappa shape index (κ3) is 3.83. The van der Waals surface area contributed by atoms with Crippen molar-refractivity contribution in [2.24, 2.45) is 0 Å². The Morgan fingerprint density at radius 1 is 0.955 bits per heavy atom. The Morgan fingerprint density at radius 3 is 2.05 bits per heavy atom. The average Bonchev–Trinajstić information content (AvgIpc) is 2.53. The topological polar surface area (TPSA) is 9.23 Å². The number of methoxy groups -OCH3 is 1. The Hall–Kier alpha value is -1.94. The molecule has 2 rings (SSSR count). The lowest BCUT2D eigenvalue weighted by Crippen LogP contribution is -2.41. The lowest BCUT2D eigenvalue weighted by molar-refractivity contribution is 0.414. The number of allylic oxidation sites excluding steroid dienone is 1. The van der Waals surface area contributed by atoms with Gasteiger partial charge in [0.2, 0.25) is 0 Å². The van der Waals surface area contributed by atoms with Crippen LogP contribution < -0.4 is 9.92 Å². The molecule has 0 aliphatic carbocycles. The zero-order valence-electron chi connectivity index (χ0n) is 13.1. The Kier molecular flexibility index (Phi) is 5.14. The van der Waals surface area contributed by atoms with Gasteiger partial charge in [0.05, 0.1) is 15.2 Å². The van der Waals surface area contributed by atoms with Gasteiger partial charge in [0.25, 0.3) is 6.08 Å². The first-order valence-corrected chi connectivity index (χ1v) is 10.4. The molecule has 4 heteroatoms. The molecular weight excluding hydrogens is 298 g/mol. The first kappa shape index (κ1) is 16.4. The quantitative estimate of drug-likeness (QED) is 0.711. The van der Waals surface area contributed by atoms with Crippen LogP contribution in [0, 0.1) is 0 Å². The van der Waals surface area contributed by atoms with Crippen molar-refractivity contribution >= 4 is 18.8 Å². The van der Waals surface area contributed by atoms with Crippen LogP contribution in [0.2, 0.25) is 19.1 Å². The maximum absolute atomic E-state index is 13.5. The maximum Gasteiger partial charge on any atom is 0.273 e. The molecule has 0 unspecified atom stereocenters. The van der Waals surface area contributed by atoms with Gasteiger partial charge in [-0.1, -0.05) is 60.7 Å². The van der Waals surface area contributed by atoms with Crippen molar-refractivity contribution in [3.63, 3.8) is 0 Å². The van der Waals surface area contributed by atoms with Crippen LogP contribution in [0.15, 0.2) is 60.7 Å². The molecule has 0 aromatic heterocycles. The van der Waals surface area contributed by atoms with Crippen LogP contribution in [0.1, 0.15) is 5.56 Å². The third-order valence-electron chi connectivity index (χ3n) is 3.84. The second-order valence-electron chi connectivity index (χ2n) is 5.89. The number of hydrogen-bond acceptors (Lipinski definition) is 1. The standard InChI is InChI=1S/C18H20F2OSi/c1-21-15-11-9-14(10-12-15)17(18(19)20)13-22(2,3)16-7-5-4-6-8-16/h4-12H,13H2,1-3H3. The monoisotopic (exact) mass is 318 g/mol. The first-order chi connectivity index (χ1) is 10.4. The second kappa shape index (κ2) is 6.88. The summed E-state index contributed by atoms with van der Waals surface area (Å²) >= 11 is 0. The van der Waals surface area contributed by atoms with E-state index in [9.17, 15) is 8.78 Å².